The summed E-state index contributed by atoms with van der Waals surface area (Å²) < 4.78 is 0. The van der Waals surface area contributed by atoms with Gasteiger partial charge in [0, 0.05) is 12.1 Å². The topological polar surface area (TPSA) is 63.4 Å². The molecular formula is C11H9NO3. The molecule has 0 bridgehead atoms. The van der Waals surface area contributed by atoms with Crippen LogP contribution >= 0.6 is 0 Å². The molecule has 0 aromatic heterocycles. The van der Waals surface area contributed by atoms with Gasteiger partial charge in [0.25, 0.3) is 5.69 Å². The van der Waals surface area contributed by atoms with Gasteiger partial charge in [-0.05, 0) is 16.3 Å². The minimum atomic E-state index is -0.453. The van der Waals surface area contributed by atoms with E-state index in [9.17, 15) is 10.1 Å². The normalized spacial score (nSPS) is 10.5. The molecule has 0 heterocycles. The van der Waals surface area contributed by atoms with Crippen LogP contribution in [0.25, 0.3) is 10.8 Å². The summed E-state index contributed by atoms with van der Waals surface area (Å²) in [5, 5.41) is 21.4. The molecule has 0 aliphatic rings. The van der Waals surface area contributed by atoms with E-state index >= 15 is 0 Å². The van der Waals surface area contributed by atoms with Gasteiger partial charge in [-0.15, -0.1) is 0 Å². The standard InChI is InChI=1S/C11H9NO3/c13-7-9-6-10(12(14)15)5-8-3-1-2-4-11(8)9/h1-6,13H,7H2. The molecule has 0 amide bonds. The zero-order valence-corrected chi connectivity index (χ0v) is 7.88. The Morgan fingerprint density at radius 2 is 2.00 bits per heavy atom. The van der Waals surface area contributed by atoms with E-state index in [0.717, 1.165) is 10.8 Å². The summed E-state index contributed by atoms with van der Waals surface area (Å²) in [6.07, 6.45) is 0. The fourth-order valence-corrected chi connectivity index (χ4v) is 1.61. The Bertz CT molecular complexity index is 522. The highest BCUT2D eigenvalue weighted by molar-refractivity contribution is 5.87. The minimum Gasteiger partial charge on any atom is -0.392 e. The molecule has 0 aliphatic heterocycles. The summed E-state index contributed by atoms with van der Waals surface area (Å²) in [5.74, 6) is 0. The second-order valence-electron chi connectivity index (χ2n) is 3.24. The number of nitro groups is 1. The lowest BCUT2D eigenvalue weighted by Gasteiger charge is -2.03. The van der Waals surface area contributed by atoms with E-state index in [2.05, 4.69) is 0 Å². The number of hydrogen-bond acceptors (Lipinski definition) is 3. The van der Waals surface area contributed by atoms with Gasteiger partial charge in [0.1, 0.15) is 0 Å². The van der Waals surface area contributed by atoms with Crippen molar-refractivity contribution in [2.24, 2.45) is 0 Å². The van der Waals surface area contributed by atoms with Crippen LogP contribution in [0.15, 0.2) is 36.4 Å². The third-order valence-corrected chi connectivity index (χ3v) is 2.31. The van der Waals surface area contributed by atoms with E-state index in [-0.39, 0.29) is 12.3 Å². The molecule has 0 saturated heterocycles. The first kappa shape index (κ1) is 9.61. The van der Waals surface area contributed by atoms with Gasteiger partial charge in [-0.3, -0.25) is 10.1 Å². The van der Waals surface area contributed by atoms with Gasteiger partial charge in [-0.2, -0.15) is 0 Å². The zero-order chi connectivity index (χ0) is 10.8. The highest BCUT2D eigenvalue weighted by Gasteiger charge is 2.10. The smallest absolute Gasteiger partial charge is 0.270 e. The Kier molecular flexibility index (Phi) is 2.35. The zero-order valence-electron chi connectivity index (χ0n) is 7.88. The summed E-state index contributed by atoms with van der Waals surface area (Å²) >= 11 is 0. The first-order valence-corrected chi connectivity index (χ1v) is 4.49. The molecule has 0 unspecified atom stereocenters. The maximum atomic E-state index is 10.6. The summed E-state index contributed by atoms with van der Waals surface area (Å²) in [6, 6.07) is 10.2. The number of aliphatic hydroxyl groups excluding tert-OH is 1. The molecule has 76 valence electrons. The summed E-state index contributed by atoms with van der Waals surface area (Å²) in [4.78, 5) is 10.2. The van der Waals surface area contributed by atoms with Gasteiger partial charge >= 0.3 is 0 Å². The maximum absolute atomic E-state index is 10.6. The molecule has 4 heteroatoms. The van der Waals surface area contributed by atoms with Crippen LogP contribution in [-0.4, -0.2) is 10.0 Å². The Morgan fingerprint density at radius 1 is 1.27 bits per heavy atom. The van der Waals surface area contributed by atoms with Crippen molar-refractivity contribution in [3.63, 3.8) is 0 Å². The minimum absolute atomic E-state index is 0.0118. The van der Waals surface area contributed by atoms with E-state index < -0.39 is 4.92 Å². The first-order chi connectivity index (χ1) is 7.22. The van der Waals surface area contributed by atoms with Gasteiger partial charge in [0.2, 0.25) is 0 Å². The van der Waals surface area contributed by atoms with E-state index in [1.165, 1.54) is 12.1 Å². The third kappa shape index (κ3) is 1.67. The van der Waals surface area contributed by atoms with Crippen molar-refractivity contribution in [1.82, 2.24) is 0 Å². The van der Waals surface area contributed by atoms with E-state index in [4.69, 9.17) is 5.11 Å². The largest absolute Gasteiger partial charge is 0.392 e. The molecule has 2 aromatic rings. The SMILES string of the molecule is O=[N+]([O-])c1cc(CO)c2ccccc2c1. The molecule has 4 nitrogen and oxygen atoms in total. The number of rotatable bonds is 2. The van der Waals surface area contributed by atoms with Crippen molar-refractivity contribution in [1.29, 1.82) is 0 Å². The molecule has 0 atom stereocenters. The molecule has 15 heavy (non-hydrogen) atoms. The lowest BCUT2D eigenvalue weighted by atomic mass is 10.0. The molecule has 2 rings (SSSR count). The maximum Gasteiger partial charge on any atom is 0.270 e. The van der Waals surface area contributed by atoms with Crippen molar-refractivity contribution in [2.45, 2.75) is 6.61 Å². The second-order valence-corrected chi connectivity index (χ2v) is 3.24. The number of benzene rings is 2. The Balaban J connectivity index is 2.77. The third-order valence-electron chi connectivity index (χ3n) is 2.31. The number of non-ortho nitro benzene ring substituents is 1. The van der Waals surface area contributed by atoms with Crippen LogP contribution in [0.1, 0.15) is 5.56 Å². The molecular weight excluding hydrogens is 194 g/mol. The van der Waals surface area contributed by atoms with Crippen LogP contribution in [0.5, 0.6) is 0 Å². The first-order valence-electron chi connectivity index (χ1n) is 4.49. The van der Waals surface area contributed by atoms with Gasteiger partial charge in [0.15, 0.2) is 0 Å². The van der Waals surface area contributed by atoms with E-state index in [1.54, 1.807) is 6.07 Å². The Morgan fingerprint density at radius 3 is 2.67 bits per heavy atom. The van der Waals surface area contributed by atoms with Gasteiger partial charge in [-0.25, -0.2) is 0 Å². The van der Waals surface area contributed by atoms with Crippen molar-refractivity contribution in [2.75, 3.05) is 0 Å². The molecule has 0 aliphatic carbocycles. The fraction of sp³-hybridized carbons (Fsp3) is 0.0909. The van der Waals surface area contributed by atoms with Crippen LogP contribution in [0.2, 0.25) is 0 Å². The van der Waals surface area contributed by atoms with Crippen LogP contribution in [0, 0.1) is 10.1 Å². The number of aliphatic hydroxyl groups is 1. The average molecular weight is 203 g/mol. The summed E-state index contributed by atoms with van der Waals surface area (Å²) in [6.45, 7) is -0.192. The van der Waals surface area contributed by atoms with Crippen LogP contribution in [0.3, 0.4) is 0 Å². The molecule has 0 saturated carbocycles. The number of nitrogens with zero attached hydrogens (tertiary/aromatic N) is 1. The molecule has 0 fully saturated rings. The van der Waals surface area contributed by atoms with Gasteiger partial charge in [0.05, 0.1) is 11.5 Å². The number of fused-ring (bicyclic) bond motifs is 1. The van der Waals surface area contributed by atoms with Crippen LogP contribution < -0.4 is 0 Å². The average Bonchev–Trinajstić information content (AvgIpc) is 2.27. The molecule has 0 radical (unpaired) electrons. The fourth-order valence-electron chi connectivity index (χ4n) is 1.61. The quantitative estimate of drug-likeness (QED) is 0.601. The Labute approximate surface area is 85.9 Å². The van der Waals surface area contributed by atoms with Gasteiger partial charge in [-0.1, -0.05) is 24.3 Å². The van der Waals surface area contributed by atoms with Gasteiger partial charge < -0.3 is 5.11 Å². The molecule has 2 aromatic carbocycles. The molecule has 1 N–H and O–H groups in total. The lowest BCUT2D eigenvalue weighted by molar-refractivity contribution is -0.384. The summed E-state index contributed by atoms with van der Waals surface area (Å²) in [5.41, 5.74) is 0.595. The van der Waals surface area contributed by atoms with Crippen molar-refractivity contribution >= 4 is 16.5 Å². The number of hydrogen-bond donors (Lipinski definition) is 1. The van der Waals surface area contributed by atoms with Crippen molar-refractivity contribution < 1.29 is 10.0 Å². The van der Waals surface area contributed by atoms with E-state index in [1.807, 2.05) is 18.2 Å². The predicted molar refractivity (Wildman–Crippen MR) is 56.5 cm³/mol. The second kappa shape index (κ2) is 3.67. The highest BCUT2D eigenvalue weighted by atomic mass is 16.6. The van der Waals surface area contributed by atoms with Crippen LogP contribution in [-0.2, 0) is 6.61 Å². The van der Waals surface area contributed by atoms with E-state index in [0.29, 0.717) is 5.56 Å². The lowest BCUT2D eigenvalue weighted by Crippen LogP contribution is -1.92. The summed E-state index contributed by atoms with van der Waals surface area (Å²) in [7, 11) is 0. The number of nitro benzene ring substituents is 1. The Hall–Kier alpha value is -1.94. The van der Waals surface area contributed by atoms with Crippen molar-refractivity contribution in [3.05, 3.63) is 52.1 Å². The molecule has 0 spiro atoms. The monoisotopic (exact) mass is 203 g/mol. The van der Waals surface area contributed by atoms with Crippen LogP contribution in [0.4, 0.5) is 5.69 Å². The predicted octanol–water partition coefficient (Wildman–Crippen LogP) is 2.24. The van der Waals surface area contributed by atoms with Crippen molar-refractivity contribution in [3.8, 4) is 0 Å². The highest BCUT2D eigenvalue weighted by Crippen LogP contribution is 2.25.